The van der Waals surface area contributed by atoms with Crippen molar-refractivity contribution < 1.29 is 9.59 Å². The van der Waals surface area contributed by atoms with Gasteiger partial charge >= 0.3 is 0 Å². The number of para-hydroxylation sites is 1. The molecule has 0 aliphatic rings. The molecule has 5 heteroatoms. The maximum absolute atomic E-state index is 12.4. The van der Waals surface area contributed by atoms with Crippen LogP contribution in [0.2, 0.25) is 5.02 Å². The number of carbonyl (C=O) groups is 2. The van der Waals surface area contributed by atoms with Crippen LogP contribution in [0.15, 0.2) is 66.7 Å². The summed E-state index contributed by atoms with van der Waals surface area (Å²) in [6, 6.07) is 19.3. The molecule has 0 radical (unpaired) electrons. The Morgan fingerprint density at radius 2 is 1.37 bits per heavy atom. The van der Waals surface area contributed by atoms with Crippen molar-refractivity contribution in [3.63, 3.8) is 0 Å². The van der Waals surface area contributed by atoms with Crippen molar-refractivity contribution >= 4 is 34.8 Å². The molecule has 0 spiro atoms. The number of benzene rings is 3. The van der Waals surface area contributed by atoms with Gasteiger partial charge in [0, 0.05) is 16.8 Å². The van der Waals surface area contributed by atoms with Crippen LogP contribution in [0.1, 0.15) is 31.8 Å². The third kappa shape index (κ3) is 4.54. The summed E-state index contributed by atoms with van der Waals surface area (Å²) in [5.41, 5.74) is 4.44. The quantitative estimate of drug-likeness (QED) is 0.633. The Hall–Kier alpha value is -3.11. The summed E-state index contributed by atoms with van der Waals surface area (Å²) >= 11 is 6.06. The average molecular weight is 379 g/mol. The normalized spacial score (nSPS) is 10.3. The molecular formula is C22H19ClN2O2. The minimum atomic E-state index is -0.268. The van der Waals surface area contributed by atoms with Gasteiger partial charge in [-0.3, -0.25) is 9.59 Å². The predicted octanol–water partition coefficient (Wildman–Crippen LogP) is 5.46. The number of nitrogens with one attached hydrogen (secondary N) is 2. The molecule has 0 saturated heterocycles. The maximum Gasteiger partial charge on any atom is 0.255 e. The van der Waals surface area contributed by atoms with Gasteiger partial charge < -0.3 is 10.6 Å². The van der Waals surface area contributed by atoms with Crippen LogP contribution in [-0.4, -0.2) is 11.8 Å². The number of aryl methyl sites for hydroxylation is 2. The molecule has 136 valence electrons. The lowest BCUT2D eigenvalue weighted by Crippen LogP contribution is -2.14. The first kappa shape index (κ1) is 18.7. The van der Waals surface area contributed by atoms with E-state index in [1.54, 1.807) is 54.6 Å². The van der Waals surface area contributed by atoms with E-state index in [2.05, 4.69) is 10.6 Å². The topological polar surface area (TPSA) is 58.2 Å². The van der Waals surface area contributed by atoms with E-state index in [1.807, 2.05) is 26.0 Å². The molecule has 0 aliphatic heterocycles. The zero-order chi connectivity index (χ0) is 19.4. The van der Waals surface area contributed by atoms with Gasteiger partial charge in [-0.2, -0.15) is 0 Å². The van der Waals surface area contributed by atoms with Crippen molar-refractivity contribution in [2.45, 2.75) is 13.8 Å². The highest BCUT2D eigenvalue weighted by Crippen LogP contribution is 2.21. The minimum Gasteiger partial charge on any atom is -0.322 e. The number of anilines is 2. The monoisotopic (exact) mass is 378 g/mol. The first-order valence-electron chi connectivity index (χ1n) is 8.48. The Balaban J connectivity index is 1.67. The van der Waals surface area contributed by atoms with E-state index in [9.17, 15) is 9.59 Å². The van der Waals surface area contributed by atoms with Gasteiger partial charge in [0.25, 0.3) is 11.8 Å². The van der Waals surface area contributed by atoms with E-state index in [1.165, 1.54) is 0 Å². The van der Waals surface area contributed by atoms with Crippen molar-refractivity contribution in [2.24, 2.45) is 0 Å². The third-order valence-electron chi connectivity index (χ3n) is 4.30. The summed E-state index contributed by atoms with van der Waals surface area (Å²) in [4.78, 5) is 24.7. The van der Waals surface area contributed by atoms with Gasteiger partial charge in [0.15, 0.2) is 0 Å². The van der Waals surface area contributed by atoms with E-state index < -0.39 is 0 Å². The van der Waals surface area contributed by atoms with Crippen LogP contribution in [-0.2, 0) is 0 Å². The molecule has 0 aromatic heterocycles. The van der Waals surface area contributed by atoms with Crippen LogP contribution in [0.3, 0.4) is 0 Å². The molecule has 0 unspecified atom stereocenters. The van der Waals surface area contributed by atoms with Gasteiger partial charge in [0.2, 0.25) is 0 Å². The van der Waals surface area contributed by atoms with Gasteiger partial charge in [0.05, 0.1) is 10.7 Å². The molecule has 0 saturated carbocycles. The molecule has 27 heavy (non-hydrogen) atoms. The fourth-order valence-electron chi connectivity index (χ4n) is 2.55. The molecule has 0 heterocycles. The Morgan fingerprint density at radius 3 is 2.04 bits per heavy atom. The number of amides is 2. The second kappa shape index (κ2) is 8.06. The van der Waals surface area contributed by atoms with Gasteiger partial charge in [-0.15, -0.1) is 0 Å². The molecule has 2 amide bonds. The van der Waals surface area contributed by atoms with Crippen LogP contribution in [0, 0.1) is 13.8 Å². The summed E-state index contributed by atoms with van der Waals surface area (Å²) in [5.74, 6) is -0.457. The van der Waals surface area contributed by atoms with Gasteiger partial charge in [-0.1, -0.05) is 29.8 Å². The first-order chi connectivity index (χ1) is 12.9. The second-order valence-corrected chi connectivity index (χ2v) is 6.67. The number of halogens is 1. The Kier molecular flexibility index (Phi) is 5.57. The van der Waals surface area contributed by atoms with Gasteiger partial charge in [-0.25, -0.2) is 0 Å². The standard InChI is InChI=1S/C22H19ClN2O2/c1-14-7-8-17(13-15(14)2)22(27)24-18-11-9-16(10-12-18)21(26)25-20-6-4-3-5-19(20)23/h3-13H,1-2H3,(H,24,27)(H,25,26). The van der Waals surface area contributed by atoms with Crippen molar-refractivity contribution in [3.8, 4) is 0 Å². The van der Waals surface area contributed by atoms with E-state index in [-0.39, 0.29) is 11.8 Å². The molecule has 0 atom stereocenters. The summed E-state index contributed by atoms with van der Waals surface area (Å²) in [6.07, 6.45) is 0. The largest absolute Gasteiger partial charge is 0.322 e. The third-order valence-corrected chi connectivity index (χ3v) is 4.63. The number of hydrogen-bond donors (Lipinski definition) is 2. The molecule has 0 bridgehead atoms. The fourth-order valence-corrected chi connectivity index (χ4v) is 2.73. The molecule has 4 nitrogen and oxygen atoms in total. The zero-order valence-electron chi connectivity index (χ0n) is 15.0. The first-order valence-corrected chi connectivity index (χ1v) is 8.86. The Morgan fingerprint density at radius 1 is 0.741 bits per heavy atom. The lowest BCUT2D eigenvalue weighted by molar-refractivity contribution is 0.102. The van der Waals surface area contributed by atoms with E-state index in [4.69, 9.17) is 11.6 Å². The predicted molar refractivity (Wildman–Crippen MR) is 110 cm³/mol. The van der Waals surface area contributed by atoms with Crippen LogP contribution in [0.5, 0.6) is 0 Å². The maximum atomic E-state index is 12.4. The molecule has 0 aliphatic carbocycles. The highest BCUT2D eigenvalue weighted by molar-refractivity contribution is 6.33. The molecular weight excluding hydrogens is 360 g/mol. The summed E-state index contributed by atoms with van der Waals surface area (Å²) in [6.45, 7) is 3.97. The average Bonchev–Trinajstić information content (AvgIpc) is 2.66. The zero-order valence-corrected chi connectivity index (χ0v) is 15.8. The summed E-state index contributed by atoms with van der Waals surface area (Å²) < 4.78 is 0. The van der Waals surface area contributed by atoms with E-state index in [0.717, 1.165) is 11.1 Å². The number of hydrogen-bond acceptors (Lipinski definition) is 2. The van der Waals surface area contributed by atoms with Crippen LogP contribution >= 0.6 is 11.6 Å². The van der Waals surface area contributed by atoms with E-state index in [0.29, 0.717) is 27.5 Å². The highest BCUT2D eigenvalue weighted by Gasteiger charge is 2.10. The van der Waals surface area contributed by atoms with Gasteiger partial charge in [-0.05, 0) is 73.5 Å². The SMILES string of the molecule is Cc1ccc(C(=O)Nc2ccc(C(=O)Nc3ccccc3Cl)cc2)cc1C. The Labute approximate surface area is 163 Å². The lowest BCUT2D eigenvalue weighted by atomic mass is 10.1. The van der Waals surface area contributed by atoms with Crippen LogP contribution in [0.4, 0.5) is 11.4 Å². The number of carbonyl (C=O) groups excluding carboxylic acids is 2. The van der Waals surface area contributed by atoms with Gasteiger partial charge in [0.1, 0.15) is 0 Å². The molecule has 3 aromatic rings. The smallest absolute Gasteiger partial charge is 0.255 e. The lowest BCUT2D eigenvalue weighted by Gasteiger charge is -2.09. The van der Waals surface area contributed by atoms with E-state index >= 15 is 0 Å². The van der Waals surface area contributed by atoms with Crippen LogP contribution < -0.4 is 10.6 Å². The van der Waals surface area contributed by atoms with Crippen molar-refractivity contribution in [3.05, 3.63) is 94.0 Å². The van der Waals surface area contributed by atoms with Crippen molar-refractivity contribution in [2.75, 3.05) is 10.6 Å². The minimum absolute atomic E-state index is 0.189. The summed E-state index contributed by atoms with van der Waals surface area (Å²) in [5, 5.41) is 6.08. The fraction of sp³-hybridized carbons (Fsp3) is 0.0909. The van der Waals surface area contributed by atoms with Crippen LogP contribution in [0.25, 0.3) is 0 Å². The molecule has 3 aromatic carbocycles. The van der Waals surface area contributed by atoms with Crippen molar-refractivity contribution in [1.82, 2.24) is 0 Å². The number of rotatable bonds is 4. The molecule has 2 N–H and O–H groups in total. The highest BCUT2D eigenvalue weighted by atomic mass is 35.5. The molecule has 0 fully saturated rings. The molecule has 3 rings (SSSR count). The van der Waals surface area contributed by atoms with Crippen molar-refractivity contribution in [1.29, 1.82) is 0 Å². The summed E-state index contributed by atoms with van der Waals surface area (Å²) in [7, 11) is 0. The second-order valence-electron chi connectivity index (χ2n) is 6.26. The Bertz CT molecular complexity index is 997.